The fraction of sp³-hybridized carbons (Fsp3) is 0.273. The molecule has 0 aliphatic carbocycles. The number of nitrogens with one attached hydrogen (secondary N) is 1. The summed E-state index contributed by atoms with van der Waals surface area (Å²) in [7, 11) is 0. The van der Waals surface area contributed by atoms with Crippen LogP contribution in [0.4, 0.5) is 0 Å². The Balaban J connectivity index is 2.00. The van der Waals surface area contributed by atoms with Crippen LogP contribution in [0.25, 0.3) is 0 Å². The van der Waals surface area contributed by atoms with Crippen LogP contribution >= 0.6 is 31.9 Å². The maximum atomic E-state index is 12.1. The van der Waals surface area contributed by atoms with Crippen molar-refractivity contribution in [1.29, 1.82) is 0 Å². The molecule has 0 aliphatic heterocycles. The molecule has 0 saturated carbocycles. The quantitative estimate of drug-likeness (QED) is 0.295. The van der Waals surface area contributed by atoms with Crippen LogP contribution in [0.1, 0.15) is 36.5 Å². The highest BCUT2D eigenvalue weighted by Crippen LogP contribution is 2.32. The van der Waals surface area contributed by atoms with Crippen molar-refractivity contribution in [3.63, 3.8) is 0 Å². The lowest BCUT2D eigenvalue weighted by Gasteiger charge is -2.15. The number of nitrogens with zero attached hydrogens (tertiary/aromatic N) is 1. The average Bonchev–Trinajstić information content (AvgIpc) is 2.67. The first-order valence-electron chi connectivity index (χ1n) is 8.92. The van der Waals surface area contributed by atoms with Gasteiger partial charge in [0.15, 0.2) is 6.61 Å². The lowest BCUT2D eigenvalue weighted by molar-refractivity contribution is -0.123. The first kappa shape index (κ1) is 23.0. The van der Waals surface area contributed by atoms with E-state index in [1.807, 2.05) is 31.2 Å². The molecule has 5 nitrogen and oxygen atoms in total. The lowest BCUT2D eigenvalue weighted by atomic mass is 10.0. The van der Waals surface area contributed by atoms with Gasteiger partial charge in [-0.25, -0.2) is 5.43 Å². The molecule has 0 aliphatic rings. The summed E-state index contributed by atoms with van der Waals surface area (Å²) < 4.78 is 13.1. The number of hydrogen-bond donors (Lipinski definition) is 1. The number of amides is 1. The average molecular weight is 522 g/mol. The number of ether oxygens (including phenoxy) is 2. The van der Waals surface area contributed by atoms with Crippen LogP contribution in [0.15, 0.2) is 44.4 Å². The zero-order valence-electron chi connectivity index (χ0n) is 16.5. The highest BCUT2D eigenvalue weighted by Gasteiger charge is 2.12. The molecule has 2 rings (SSSR count). The molecule has 0 radical (unpaired) electrons. The Hall–Kier alpha value is -2.30. The number of hydrazone groups is 1. The van der Waals surface area contributed by atoms with E-state index in [1.165, 1.54) is 6.21 Å². The van der Waals surface area contributed by atoms with Gasteiger partial charge >= 0.3 is 0 Å². The Morgan fingerprint density at radius 3 is 2.69 bits per heavy atom. The van der Waals surface area contributed by atoms with Crippen molar-refractivity contribution in [3.05, 3.63) is 56.0 Å². The number of halogens is 2. The minimum Gasteiger partial charge on any atom is -0.483 e. The summed E-state index contributed by atoms with van der Waals surface area (Å²) in [5.41, 5.74) is 5.22. The molecule has 0 bridgehead atoms. The van der Waals surface area contributed by atoms with E-state index < -0.39 is 0 Å². The van der Waals surface area contributed by atoms with Gasteiger partial charge in [-0.05, 0) is 54.3 Å². The van der Waals surface area contributed by atoms with Gasteiger partial charge in [-0.3, -0.25) is 4.79 Å². The molecule has 0 aromatic heterocycles. The highest BCUT2D eigenvalue weighted by molar-refractivity contribution is 9.10. The largest absolute Gasteiger partial charge is 0.483 e. The van der Waals surface area contributed by atoms with E-state index in [2.05, 4.69) is 62.2 Å². The highest BCUT2D eigenvalue weighted by atomic mass is 79.9. The molecule has 29 heavy (non-hydrogen) atoms. The number of hydrogen-bond acceptors (Lipinski definition) is 4. The van der Waals surface area contributed by atoms with Gasteiger partial charge in [0.05, 0.1) is 6.21 Å². The van der Waals surface area contributed by atoms with E-state index >= 15 is 0 Å². The Morgan fingerprint density at radius 1 is 1.24 bits per heavy atom. The molecule has 2 aromatic rings. The zero-order valence-corrected chi connectivity index (χ0v) is 19.6. The summed E-state index contributed by atoms with van der Waals surface area (Å²) in [6, 6.07) is 9.37. The number of rotatable bonds is 8. The minimum atomic E-state index is -0.363. The molecular formula is C22H22Br2N2O3. The third kappa shape index (κ3) is 6.91. The van der Waals surface area contributed by atoms with E-state index in [9.17, 15) is 4.79 Å². The van der Waals surface area contributed by atoms with Gasteiger partial charge in [-0.2, -0.15) is 5.10 Å². The predicted molar refractivity (Wildman–Crippen MR) is 123 cm³/mol. The zero-order chi connectivity index (χ0) is 21.4. The molecule has 2 aromatic carbocycles. The summed E-state index contributed by atoms with van der Waals surface area (Å²) in [6.07, 6.45) is 6.73. The van der Waals surface area contributed by atoms with Crippen molar-refractivity contribution in [3.8, 4) is 23.8 Å². The van der Waals surface area contributed by atoms with Crippen molar-refractivity contribution >= 4 is 44.0 Å². The summed E-state index contributed by atoms with van der Waals surface area (Å²) in [4.78, 5) is 12.1. The lowest BCUT2D eigenvalue weighted by Crippen LogP contribution is -2.25. The van der Waals surface area contributed by atoms with Crippen LogP contribution in [0.2, 0.25) is 0 Å². The smallest absolute Gasteiger partial charge is 0.277 e. The summed E-state index contributed by atoms with van der Waals surface area (Å²) in [6.45, 7) is 6.13. The van der Waals surface area contributed by atoms with Crippen LogP contribution in [0, 0.1) is 19.3 Å². The number of terminal acetylenes is 1. The topological polar surface area (TPSA) is 59.9 Å². The van der Waals surface area contributed by atoms with Gasteiger partial charge in [0.25, 0.3) is 5.91 Å². The molecule has 152 valence electrons. The van der Waals surface area contributed by atoms with Gasteiger partial charge < -0.3 is 9.47 Å². The van der Waals surface area contributed by atoms with E-state index in [1.54, 1.807) is 6.07 Å². The Bertz CT molecular complexity index is 950. The second-order valence-electron chi connectivity index (χ2n) is 6.55. The second-order valence-corrected chi connectivity index (χ2v) is 8.32. The van der Waals surface area contributed by atoms with Crippen LogP contribution in [-0.4, -0.2) is 25.3 Å². The molecule has 1 amide bonds. The van der Waals surface area contributed by atoms with E-state index in [0.29, 0.717) is 17.1 Å². The van der Waals surface area contributed by atoms with Crippen molar-refractivity contribution in [2.75, 3.05) is 13.2 Å². The van der Waals surface area contributed by atoms with Gasteiger partial charge in [-0.15, -0.1) is 6.42 Å². The van der Waals surface area contributed by atoms with E-state index in [4.69, 9.17) is 15.9 Å². The van der Waals surface area contributed by atoms with Gasteiger partial charge in [0, 0.05) is 14.5 Å². The maximum Gasteiger partial charge on any atom is 0.277 e. The molecule has 1 N–H and O–H groups in total. The van der Waals surface area contributed by atoms with Crippen molar-refractivity contribution < 1.29 is 14.3 Å². The number of carbonyl (C=O) groups excluding carboxylic acids is 1. The Kier molecular flexibility index (Phi) is 8.74. The van der Waals surface area contributed by atoms with Gasteiger partial charge in [0.2, 0.25) is 0 Å². The van der Waals surface area contributed by atoms with Crippen LogP contribution in [0.5, 0.6) is 11.5 Å². The molecule has 0 unspecified atom stereocenters. The monoisotopic (exact) mass is 520 g/mol. The summed E-state index contributed by atoms with van der Waals surface area (Å²) >= 11 is 6.93. The third-order valence-corrected chi connectivity index (χ3v) is 5.30. The molecular weight excluding hydrogens is 500 g/mol. The second kappa shape index (κ2) is 11.0. The fourth-order valence-corrected chi connectivity index (χ4v) is 3.21. The summed E-state index contributed by atoms with van der Waals surface area (Å²) in [5.74, 6) is 3.59. The summed E-state index contributed by atoms with van der Waals surface area (Å²) in [5, 5.41) is 3.99. The number of benzene rings is 2. The first-order valence-corrected chi connectivity index (χ1v) is 10.5. The standard InChI is InChI=1S/C22H22Br2N2O3/c1-5-8-28-20-7-6-17(23)10-16(20)12-25-26-22(27)13-29-21-9-15(4)19(24)11-18(21)14(2)3/h1,6-7,9-12,14H,8,13H2,2-4H3,(H,26,27). The Morgan fingerprint density at radius 2 is 2.00 bits per heavy atom. The SMILES string of the molecule is C#CCOc1ccc(Br)cc1C=NNC(=O)COc1cc(C)c(Br)cc1C(C)C. The van der Waals surface area contributed by atoms with Gasteiger partial charge in [0.1, 0.15) is 18.1 Å². The molecule has 0 saturated heterocycles. The normalized spacial score (nSPS) is 10.8. The third-order valence-electron chi connectivity index (χ3n) is 3.95. The first-order chi connectivity index (χ1) is 13.8. The molecule has 0 heterocycles. The molecule has 0 atom stereocenters. The predicted octanol–water partition coefficient (Wildman–Crippen LogP) is 5.18. The fourth-order valence-electron chi connectivity index (χ4n) is 2.47. The number of aryl methyl sites for hydroxylation is 1. The van der Waals surface area contributed by atoms with E-state index in [0.717, 1.165) is 20.1 Å². The van der Waals surface area contributed by atoms with Crippen molar-refractivity contribution in [2.45, 2.75) is 26.7 Å². The molecule has 0 spiro atoms. The van der Waals surface area contributed by atoms with Crippen molar-refractivity contribution in [2.24, 2.45) is 5.10 Å². The molecule has 0 fully saturated rings. The van der Waals surface area contributed by atoms with E-state index in [-0.39, 0.29) is 25.0 Å². The molecule has 7 heteroatoms. The van der Waals surface area contributed by atoms with Gasteiger partial charge in [-0.1, -0.05) is 51.6 Å². The van der Waals surface area contributed by atoms with Crippen molar-refractivity contribution in [1.82, 2.24) is 5.43 Å². The van der Waals surface area contributed by atoms with Crippen LogP contribution in [0.3, 0.4) is 0 Å². The maximum absolute atomic E-state index is 12.1. The van der Waals surface area contributed by atoms with Crippen LogP contribution in [-0.2, 0) is 4.79 Å². The van der Waals surface area contributed by atoms with Crippen LogP contribution < -0.4 is 14.9 Å². The Labute approximate surface area is 188 Å². The number of carbonyl (C=O) groups is 1. The minimum absolute atomic E-state index is 0.142.